The smallest absolute Gasteiger partial charge is 0.282 e. The molecule has 0 radical (unpaired) electrons. The molecule has 0 amide bonds. The number of aromatic nitrogens is 2. The molecule has 0 aliphatic rings. The molecule has 0 unspecified atom stereocenters. The lowest BCUT2D eigenvalue weighted by molar-refractivity contribution is 0.0745. The van der Waals surface area contributed by atoms with Crippen LogP contribution < -0.4 is 0 Å². The van der Waals surface area contributed by atoms with Crippen molar-refractivity contribution in [3.05, 3.63) is 16.4 Å². The van der Waals surface area contributed by atoms with Crippen molar-refractivity contribution in [2.45, 2.75) is 38.8 Å². The van der Waals surface area contributed by atoms with Gasteiger partial charge in [-0.15, -0.1) is 0 Å². The van der Waals surface area contributed by atoms with Crippen molar-refractivity contribution in [2.75, 3.05) is 6.61 Å². The van der Waals surface area contributed by atoms with E-state index in [2.05, 4.69) is 40.7 Å². The zero-order valence-electron chi connectivity index (χ0n) is 10.2. The summed E-state index contributed by atoms with van der Waals surface area (Å²) in [5.74, 6) is 0. The van der Waals surface area contributed by atoms with Gasteiger partial charge in [0.05, 0.1) is 0 Å². The molecule has 1 heterocycles. The molecule has 0 spiro atoms. The molecular formula is C10H17BrF2N2OSi. The Morgan fingerprint density at radius 3 is 2.59 bits per heavy atom. The zero-order chi connectivity index (χ0) is 13.1. The lowest BCUT2D eigenvalue weighted by atomic mass is 10.5. The van der Waals surface area contributed by atoms with E-state index in [1.165, 1.54) is 10.7 Å². The van der Waals surface area contributed by atoms with E-state index in [1.807, 2.05) is 0 Å². The maximum atomic E-state index is 12.4. The number of alkyl halides is 2. The van der Waals surface area contributed by atoms with Crippen molar-refractivity contribution in [3.8, 4) is 0 Å². The van der Waals surface area contributed by atoms with Gasteiger partial charge in [0.2, 0.25) is 0 Å². The number of halogens is 3. The highest BCUT2D eigenvalue weighted by molar-refractivity contribution is 9.10. The quantitative estimate of drug-likeness (QED) is 0.585. The summed E-state index contributed by atoms with van der Waals surface area (Å²) >= 11 is 3.17. The van der Waals surface area contributed by atoms with E-state index in [4.69, 9.17) is 4.74 Å². The van der Waals surface area contributed by atoms with E-state index in [-0.39, 0.29) is 12.4 Å². The minimum atomic E-state index is -2.55. The number of hydrogen-bond donors (Lipinski definition) is 0. The summed E-state index contributed by atoms with van der Waals surface area (Å²) in [5, 5.41) is 3.75. The summed E-state index contributed by atoms with van der Waals surface area (Å²) in [6.45, 7) is 7.63. The summed E-state index contributed by atoms with van der Waals surface area (Å²) in [7, 11) is -1.11. The van der Waals surface area contributed by atoms with Crippen LogP contribution in [0.2, 0.25) is 25.7 Å². The molecule has 1 rings (SSSR count). The molecule has 98 valence electrons. The van der Waals surface area contributed by atoms with Crippen molar-refractivity contribution >= 4 is 24.0 Å². The molecule has 0 bridgehead atoms. The molecule has 1 aromatic rings. The lowest BCUT2D eigenvalue weighted by Crippen LogP contribution is -2.22. The maximum absolute atomic E-state index is 12.4. The van der Waals surface area contributed by atoms with Crippen LogP contribution in [0.3, 0.4) is 0 Å². The van der Waals surface area contributed by atoms with Gasteiger partial charge in [0.25, 0.3) is 6.43 Å². The molecule has 17 heavy (non-hydrogen) atoms. The van der Waals surface area contributed by atoms with Gasteiger partial charge in [-0.1, -0.05) is 19.6 Å². The van der Waals surface area contributed by atoms with Crippen LogP contribution in [0.4, 0.5) is 8.78 Å². The molecule has 7 heteroatoms. The molecule has 0 N–H and O–H groups in total. The van der Waals surface area contributed by atoms with Crippen LogP contribution in [-0.4, -0.2) is 24.5 Å². The minimum absolute atomic E-state index is 0.206. The average molecular weight is 327 g/mol. The van der Waals surface area contributed by atoms with Crippen molar-refractivity contribution in [2.24, 2.45) is 0 Å². The highest BCUT2D eigenvalue weighted by Crippen LogP contribution is 2.21. The minimum Gasteiger partial charge on any atom is -0.359 e. The predicted molar refractivity (Wildman–Crippen MR) is 69.0 cm³/mol. The predicted octanol–water partition coefficient (Wildman–Crippen LogP) is 3.90. The van der Waals surface area contributed by atoms with E-state index in [9.17, 15) is 8.78 Å². The van der Waals surface area contributed by atoms with Crippen molar-refractivity contribution in [1.29, 1.82) is 0 Å². The fourth-order valence-electron chi connectivity index (χ4n) is 1.14. The Balaban J connectivity index is 2.42. The Hall–Kier alpha value is -0.273. The molecule has 1 aromatic heterocycles. The van der Waals surface area contributed by atoms with Crippen LogP contribution in [0.1, 0.15) is 12.1 Å². The van der Waals surface area contributed by atoms with Gasteiger partial charge >= 0.3 is 0 Å². The van der Waals surface area contributed by atoms with Crippen molar-refractivity contribution in [1.82, 2.24) is 9.78 Å². The van der Waals surface area contributed by atoms with E-state index < -0.39 is 14.5 Å². The largest absolute Gasteiger partial charge is 0.359 e. The number of rotatable bonds is 6. The number of hydrogen-bond acceptors (Lipinski definition) is 2. The van der Waals surface area contributed by atoms with Crippen molar-refractivity contribution < 1.29 is 13.5 Å². The fraction of sp³-hybridized carbons (Fsp3) is 0.700. The Morgan fingerprint density at radius 2 is 2.12 bits per heavy atom. The maximum Gasteiger partial charge on any atom is 0.282 e. The first-order chi connectivity index (χ1) is 7.79. The normalized spacial score (nSPS) is 12.4. The first-order valence-corrected chi connectivity index (χ1v) is 9.89. The van der Waals surface area contributed by atoms with Gasteiger partial charge in [-0.25, -0.2) is 13.5 Å². The van der Waals surface area contributed by atoms with Gasteiger partial charge in [0.1, 0.15) is 17.0 Å². The van der Waals surface area contributed by atoms with Crippen LogP contribution in [0, 0.1) is 0 Å². The molecule has 0 aliphatic heterocycles. The Morgan fingerprint density at radius 1 is 1.47 bits per heavy atom. The molecule has 0 atom stereocenters. The standard InChI is InChI=1S/C10H17BrF2N2OSi/c1-17(2,3)5-4-16-7-15-9(11)6-8(14-15)10(12)13/h6,10H,4-5,7H2,1-3H3. The summed E-state index contributed by atoms with van der Waals surface area (Å²) < 4.78 is 32.1. The van der Waals surface area contributed by atoms with E-state index in [0.717, 1.165) is 6.04 Å². The molecular weight excluding hydrogens is 310 g/mol. The highest BCUT2D eigenvalue weighted by atomic mass is 79.9. The summed E-state index contributed by atoms with van der Waals surface area (Å²) in [4.78, 5) is 0. The first-order valence-electron chi connectivity index (χ1n) is 5.39. The van der Waals surface area contributed by atoms with Crippen LogP contribution in [0.5, 0.6) is 0 Å². The summed E-state index contributed by atoms with van der Waals surface area (Å²) in [6, 6.07) is 2.36. The van der Waals surface area contributed by atoms with Crippen LogP contribution >= 0.6 is 15.9 Å². The number of nitrogens with zero attached hydrogens (tertiary/aromatic N) is 2. The Kier molecular flexibility index (Phi) is 5.27. The highest BCUT2D eigenvalue weighted by Gasteiger charge is 2.15. The molecule has 0 saturated heterocycles. The molecule has 0 saturated carbocycles. The SMILES string of the molecule is C[Si](C)(C)CCOCn1nc(C(F)F)cc1Br. The monoisotopic (exact) mass is 326 g/mol. The molecule has 0 aliphatic carbocycles. The number of ether oxygens (including phenoxy) is 1. The van der Waals surface area contributed by atoms with Crippen LogP contribution in [0.25, 0.3) is 0 Å². The van der Waals surface area contributed by atoms with E-state index in [0.29, 0.717) is 11.2 Å². The fourth-order valence-corrected chi connectivity index (χ4v) is 2.31. The first kappa shape index (κ1) is 14.8. The third kappa shape index (κ3) is 5.26. The van der Waals surface area contributed by atoms with Crippen molar-refractivity contribution in [3.63, 3.8) is 0 Å². The second-order valence-corrected chi connectivity index (χ2v) is 11.5. The second-order valence-electron chi connectivity index (χ2n) is 5.04. The topological polar surface area (TPSA) is 27.1 Å². The zero-order valence-corrected chi connectivity index (χ0v) is 12.8. The second kappa shape index (κ2) is 6.06. The lowest BCUT2D eigenvalue weighted by Gasteiger charge is -2.15. The molecule has 3 nitrogen and oxygen atoms in total. The third-order valence-electron chi connectivity index (χ3n) is 2.18. The molecule has 0 fully saturated rings. The summed E-state index contributed by atoms with van der Waals surface area (Å²) in [5.41, 5.74) is -0.231. The Labute approximate surface area is 109 Å². The average Bonchev–Trinajstić information content (AvgIpc) is 2.54. The van der Waals surface area contributed by atoms with Gasteiger partial charge in [0.15, 0.2) is 0 Å². The van der Waals surface area contributed by atoms with E-state index >= 15 is 0 Å². The third-order valence-corrected chi connectivity index (χ3v) is 4.53. The van der Waals surface area contributed by atoms with E-state index in [1.54, 1.807) is 0 Å². The van der Waals surface area contributed by atoms with Gasteiger partial charge in [-0.05, 0) is 28.0 Å². The van der Waals surface area contributed by atoms with Gasteiger partial charge in [-0.3, -0.25) is 0 Å². The van der Waals surface area contributed by atoms with Crippen LogP contribution in [-0.2, 0) is 11.5 Å². The van der Waals surface area contributed by atoms with Gasteiger partial charge in [-0.2, -0.15) is 5.10 Å². The van der Waals surface area contributed by atoms with Gasteiger partial charge < -0.3 is 4.74 Å². The van der Waals surface area contributed by atoms with Crippen LogP contribution in [0.15, 0.2) is 10.7 Å². The van der Waals surface area contributed by atoms with Gasteiger partial charge in [0, 0.05) is 14.7 Å². The summed E-state index contributed by atoms with van der Waals surface area (Å²) in [6.07, 6.45) is -2.55. The Bertz CT molecular complexity index is 366. The molecule has 0 aromatic carbocycles.